The molecule has 1 heterocycles. The molecular formula is C17H17ClO2S. The van der Waals surface area contributed by atoms with Crippen LogP contribution in [0.25, 0.3) is 0 Å². The summed E-state index contributed by atoms with van der Waals surface area (Å²) in [5.41, 5.74) is 2.13. The average Bonchev–Trinajstić information content (AvgIpc) is 2.88. The summed E-state index contributed by atoms with van der Waals surface area (Å²) in [6, 6.07) is 13.9. The molecule has 0 aromatic heterocycles. The van der Waals surface area contributed by atoms with Gasteiger partial charge in [0.1, 0.15) is 12.4 Å². The van der Waals surface area contributed by atoms with E-state index in [1.165, 1.54) is 10.5 Å². The number of thioether (sulfide) groups is 1. The van der Waals surface area contributed by atoms with Gasteiger partial charge in [0.25, 0.3) is 0 Å². The van der Waals surface area contributed by atoms with Crippen molar-refractivity contribution in [2.45, 2.75) is 29.6 Å². The Kier molecular flexibility index (Phi) is 4.43. The van der Waals surface area contributed by atoms with Crippen molar-refractivity contribution in [2.24, 2.45) is 0 Å². The molecule has 1 aliphatic heterocycles. The van der Waals surface area contributed by atoms with Crippen LogP contribution < -0.4 is 4.74 Å². The Labute approximate surface area is 134 Å². The molecule has 2 aromatic rings. The van der Waals surface area contributed by atoms with E-state index in [0.29, 0.717) is 22.6 Å². The van der Waals surface area contributed by atoms with Crippen LogP contribution in [0.3, 0.4) is 0 Å². The van der Waals surface area contributed by atoms with Gasteiger partial charge in [-0.2, -0.15) is 0 Å². The number of halogens is 1. The Morgan fingerprint density at radius 3 is 2.90 bits per heavy atom. The molecule has 0 spiro atoms. The minimum Gasteiger partial charge on any atom is -0.492 e. The lowest BCUT2D eigenvalue weighted by Gasteiger charge is -2.16. The lowest BCUT2D eigenvalue weighted by molar-refractivity contribution is 0.191. The van der Waals surface area contributed by atoms with Crippen LogP contribution in [-0.2, 0) is 6.42 Å². The molecule has 2 atom stereocenters. The van der Waals surface area contributed by atoms with Gasteiger partial charge >= 0.3 is 0 Å². The number of hydrogen-bond acceptors (Lipinski definition) is 3. The van der Waals surface area contributed by atoms with E-state index in [0.717, 1.165) is 12.0 Å². The second-order valence-electron chi connectivity index (χ2n) is 5.22. The zero-order valence-corrected chi connectivity index (χ0v) is 13.3. The lowest BCUT2D eigenvalue weighted by atomic mass is 10.1. The molecule has 110 valence electrons. The van der Waals surface area contributed by atoms with Crippen LogP contribution in [-0.4, -0.2) is 17.0 Å². The van der Waals surface area contributed by atoms with Crippen molar-refractivity contribution in [3.8, 4) is 5.75 Å². The summed E-state index contributed by atoms with van der Waals surface area (Å²) in [5.74, 6) is 0.714. The molecule has 0 radical (unpaired) electrons. The van der Waals surface area contributed by atoms with E-state index in [1.807, 2.05) is 17.8 Å². The van der Waals surface area contributed by atoms with Crippen LogP contribution in [0, 0.1) is 0 Å². The number of rotatable bonds is 4. The molecular weight excluding hydrogens is 304 g/mol. The van der Waals surface area contributed by atoms with Gasteiger partial charge in [-0.1, -0.05) is 29.8 Å². The predicted molar refractivity (Wildman–Crippen MR) is 87.4 cm³/mol. The van der Waals surface area contributed by atoms with Gasteiger partial charge < -0.3 is 9.84 Å². The molecule has 4 heteroatoms. The van der Waals surface area contributed by atoms with Crippen molar-refractivity contribution < 1.29 is 9.84 Å². The predicted octanol–water partition coefficient (Wildman–Crippen LogP) is 4.49. The molecule has 2 nitrogen and oxygen atoms in total. The van der Waals surface area contributed by atoms with E-state index in [-0.39, 0.29) is 0 Å². The number of fused-ring (bicyclic) bond motifs is 1. The molecule has 21 heavy (non-hydrogen) atoms. The molecule has 2 aromatic carbocycles. The zero-order chi connectivity index (χ0) is 14.8. The number of benzene rings is 2. The first kappa shape index (κ1) is 14.8. The van der Waals surface area contributed by atoms with Gasteiger partial charge in [0.05, 0.1) is 6.10 Å². The number of aliphatic hydroxyl groups excluding tert-OH is 1. The smallest absolute Gasteiger partial charge is 0.125 e. The fraction of sp³-hybridized carbons (Fsp3) is 0.294. The van der Waals surface area contributed by atoms with Gasteiger partial charge in [-0.05, 0) is 43.2 Å². The highest BCUT2D eigenvalue weighted by Gasteiger charge is 2.22. The molecule has 0 bridgehead atoms. The minimum atomic E-state index is -0.591. The van der Waals surface area contributed by atoms with Crippen LogP contribution >= 0.6 is 23.4 Å². The van der Waals surface area contributed by atoms with Crippen molar-refractivity contribution in [2.75, 3.05) is 6.61 Å². The van der Waals surface area contributed by atoms with Crippen molar-refractivity contribution in [1.82, 2.24) is 0 Å². The fourth-order valence-corrected chi connectivity index (χ4v) is 3.91. The molecule has 0 saturated heterocycles. The summed E-state index contributed by atoms with van der Waals surface area (Å²) < 4.78 is 5.93. The Morgan fingerprint density at radius 2 is 2.14 bits per heavy atom. The lowest BCUT2D eigenvalue weighted by Crippen LogP contribution is -2.14. The van der Waals surface area contributed by atoms with Crippen LogP contribution in [0.4, 0.5) is 0 Å². The maximum absolute atomic E-state index is 9.82. The normalized spacial score (nSPS) is 18.3. The minimum absolute atomic E-state index is 0.417. The van der Waals surface area contributed by atoms with E-state index in [4.69, 9.17) is 16.3 Å². The third-order valence-electron chi connectivity index (χ3n) is 3.56. The number of aliphatic hydroxyl groups is 1. The van der Waals surface area contributed by atoms with E-state index < -0.39 is 6.10 Å². The van der Waals surface area contributed by atoms with Gasteiger partial charge in [0, 0.05) is 20.7 Å². The van der Waals surface area contributed by atoms with Crippen molar-refractivity contribution in [3.63, 3.8) is 0 Å². The summed E-state index contributed by atoms with van der Waals surface area (Å²) in [6.07, 6.45) is 0.436. The molecule has 1 aliphatic rings. The summed E-state index contributed by atoms with van der Waals surface area (Å²) in [7, 11) is 0. The molecule has 0 fully saturated rings. The second kappa shape index (κ2) is 6.30. The summed E-state index contributed by atoms with van der Waals surface area (Å²) in [4.78, 5) is 1.35. The zero-order valence-electron chi connectivity index (χ0n) is 11.8. The summed E-state index contributed by atoms with van der Waals surface area (Å²) in [6.45, 7) is 2.35. The van der Waals surface area contributed by atoms with Crippen LogP contribution in [0.5, 0.6) is 5.75 Å². The SMILES string of the molecule is CC(O)c1cc(Cl)ccc1OCC1Cc2ccccc2S1. The molecule has 0 aliphatic carbocycles. The summed E-state index contributed by atoms with van der Waals surface area (Å²) >= 11 is 7.84. The fourth-order valence-electron chi connectivity index (χ4n) is 2.51. The van der Waals surface area contributed by atoms with E-state index in [9.17, 15) is 5.11 Å². The Bertz CT molecular complexity index is 617. The first-order valence-corrected chi connectivity index (χ1v) is 8.24. The van der Waals surface area contributed by atoms with Gasteiger partial charge in [-0.3, -0.25) is 0 Å². The largest absolute Gasteiger partial charge is 0.492 e. The van der Waals surface area contributed by atoms with E-state index in [1.54, 1.807) is 19.1 Å². The van der Waals surface area contributed by atoms with Gasteiger partial charge in [0.2, 0.25) is 0 Å². The van der Waals surface area contributed by atoms with Gasteiger partial charge in [-0.25, -0.2) is 0 Å². The molecule has 0 saturated carbocycles. The molecule has 3 rings (SSSR count). The summed E-state index contributed by atoms with van der Waals surface area (Å²) in [5, 5.41) is 10.8. The standard InChI is InChI=1S/C17H17ClO2S/c1-11(19)15-9-13(18)6-7-16(15)20-10-14-8-12-4-2-3-5-17(12)21-14/h2-7,9,11,14,19H,8,10H2,1H3. The second-order valence-corrected chi connectivity index (χ2v) is 7.00. The quantitative estimate of drug-likeness (QED) is 0.900. The van der Waals surface area contributed by atoms with Gasteiger partial charge in [0.15, 0.2) is 0 Å². The van der Waals surface area contributed by atoms with Crippen molar-refractivity contribution >= 4 is 23.4 Å². The third kappa shape index (κ3) is 3.37. The van der Waals surface area contributed by atoms with Gasteiger partial charge in [-0.15, -0.1) is 11.8 Å². The Morgan fingerprint density at radius 1 is 1.33 bits per heavy atom. The molecule has 1 N–H and O–H groups in total. The van der Waals surface area contributed by atoms with E-state index in [2.05, 4.69) is 24.3 Å². The number of ether oxygens (including phenoxy) is 1. The monoisotopic (exact) mass is 320 g/mol. The number of hydrogen-bond donors (Lipinski definition) is 1. The van der Waals surface area contributed by atoms with Crippen molar-refractivity contribution in [1.29, 1.82) is 0 Å². The van der Waals surface area contributed by atoms with Crippen LogP contribution in [0.15, 0.2) is 47.4 Å². The van der Waals surface area contributed by atoms with E-state index >= 15 is 0 Å². The average molecular weight is 321 g/mol. The topological polar surface area (TPSA) is 29.5 Å². The first-order valence-electron chi connectivity index (χ1n) is 6.98. The van der Waals surface area contributed by atoms with Crippen molar-refractivity contribution in [3.05, 3.63) is 58.6 Å². The maximum Gasteiger partial charge on any atom is 0.125 e. The molecule has 2 unspecified atom stereocenters. The molecule has 0 amide bonds. The third-order valence-corrected chi connectivity index (χ3v) is 5.08. The Balaban J connectivity index is 1.67. The highest BCUT2D eigenvalue weighted by Crippen LogP contribution is 2.37. The van der Waals surface area contributed by atoms with Crippen LogP contribution in [0.1, 0.15) is 24.2 Å². The first-order chi connectivity index (χ1) is 10.1. The highest BCUT2D eigenvalue weighted by atomic mass is 35.5. The maximum atomic E-state index is 9.82. The van der Waals surface area contributed by atoms with Crippen LogP contribution in [0.2, 0.25) is 5.02 Å². The Hall–Kier alpha value is -1.16. The highest BCUT2D eigenvalue weighted by molar-refractivity contribution is 8.00.